The fourth-order valence-electron chi connectivity index (χ4n) is 1.56. The molecule has 0 aliphatic heterocycles. The third-order valence-corrected chi connectivity index (χ3v) is 2.38. The Morgan fingerprint density at radius 2 is 2.24 bits per heavy atom. The quantitative estimate of drug-likeness (QED) is 0.764. The van der Waals surface area contributed by atoms with Crippen LogP contribution in [-0.2, 0) is 19.6 Å². The normalized spacial score (nSPS) is 10.6. The molecule has 0 amide bonds. The molecule has 0 aromatic carbocycles. The van der Waals surface area contributed by atoms with Gasteiger partial charge in [0.15, 0.2) is 0 Å². The van der Waals surface area contributed by atoms with E-state index >= 15 is 0 Å². The summed E-state index contributed by atoms with van der Waals surface area (Å²) in [5.74, 6) is 0. The predicted molar refractivity (Wildman–Crippen MR) is 64.1 cm³/mol. The van der Waals surface area contributed by atoms with Crippen molar-refractivity contribution in [1.82, 2.24) is 20.1 Å². The minimum absolute atomic E-state index is 0.114. The monoisotopic (exact) mass is 232 g/mol. The molecule has 2 aromatic rings. The number of aliphatic hydroxyl groups is 1. The number of rotatable bonds is 6. The zero-order valence-corrected chi connectivity index (χ0v) is 9.58. The highest BCUT2D eigenvalue weighted by molar-refractivity contribution is 5.05. The number of aliphatic hydroxyl groups excluding tert-OH is 1. The summed E-state index contributed by atoms with van der Waals surface area (Å²) in [6, 6.07) is 5.87. The summed E-state index contributed by atoms with van der Waals surface area (Å²) in [6.45, 7) is 2.15. The lowest BCUT2D eigenvalue weighted by Crippen LogP contribution is -2.13. The van der Waals surface area contributed by atoms with Crippen LogP contribution in [0, 0.1) is 0 Å². The van der Waals surface area contributed by atoms with E-state index in [-0.39, 0.29) is 6.61 Å². The van der Waals surface area contributed by atoms with E-state index in [2.05, 4.69) is 15.4 Å². The first-order chi connectivity index (χ1) is 8.38. The van der Waals surface area contributed by atoms with E-state index in [0.29, 0.717) is 6.54 Å². The molecule has 90 valence electrons. The number of nitrogens with one attached hydrogen (secondary N) is 1. The molecule has 0 spiro atoms. The SMILES string of the molecule is OCCn1cc(CNCc2ccccn2)cn1. The van der Waals surface area contributed by atoms with Gasteiger partial charge in [0.1, 0.15) is 0 Å². The Morgan fingerprint density at radius 3 is 3.00 bits per heavy atom. The van der Waals surface area contributed by atoms with Gasteiger partial charge in [-0.3, -0.25) is 9.67 Å². The molecule has 0 saturated carbocycles. The maximum Gasteiger partial charge on any atom is 0.0640 e. The number of hydrogen-bond donors (Lipinski definition) is 2. The average molecular weight is 232 g/mol. The molecule has 0 unspecified atom stereocenters. The van der Waals surface area contributed by atoms with Gasteiger partial charge in [0.2, 0.25) is 0 Å². The van der Waals surface area contributed by atoms with Crippen LogP contribution in [0.25, 0.3) is 0 Å². The van der Waals surface area contributed by atoms with Gasteiger partial charge in [-0.05, 0) is 12.1 Å². The van der Waals surface area contributed by atoms with Gasteiger partial charge in [0, 0.05) is 31.0 Å². The van der Waals surface area contributed by atoms with Gasteiger partial charge in [0.05, 0.1) is 25.0 Å². The van der Waals surface area contributed by atoms with Crippen molar-refractivity contribution in [1.29, 1.82) is 0 Å². The molecule has 2 rings (SSSR count). The Hall–Kier alpha value is -1.72. The molecule has 0 aliphatic rings. The molecule has 0 atom stereocenters. The number of aromatic nitrogens is 3. The highest BCUT2D eigenvalue weighted by Gasteiger charge is 1.98. The molecule has 0 saturated heterocycles. The molecule has 0 fully saturated rings. The van der Waals surface area contributed by atoms with Crippen LogP contribution in [0.3, 0.4) is 0 Å². The minimum Gasteiger partial charge on any atom is -0.394 e. The van der Waals surface area contributed by atoms with Crippen molar-refractivity contribution in [3.8, 4) is 0 Å². The van der Waals surface area contributed by atoms with Crippen LogP contribution >= 0.6 is 0 Å². The summed E-state index contributed by atoms with van der Waals surface area (Å²) in [6.07, 6.45) is 5.53. The molecule has 0 aliphatic carbocycles. The fraction of sp³-hybridized carbons (Fsp3) is 0.333. The smallest absolute Gasteiger partial charge is 0.0640 e. The van der Waals surface area contributed by atoms with Crippen molar-refractivity contribution in [2.75, 3.05) is 6.61 Å². The van der Waals surface area contributed by atoms with Crippen molar-refractivity contribution in [2.45, 2.75) is 19.6 Å². The van der Waals surface area contributed by atoms with E-state index in [1.165, 1.54) is 0 Å². The van der Waals surface area contributed by atoms with Gasteiger partial charge in [-0.1, -0.05) is 6.07 Å². The fourth-order valence-corrected chi connectivity index (χ4v) is 1.56. The molecular weight excluding hydrogens is 216 g/mol. The lowest BCUT2D eigenvalue weighted by atomic mass is 10.3. The molecule has 5 nitrogen and oxygen atoms in total. The van der Waals surface area contributed by atoms with Gasteiger partial charge in [-0.25, -0.2) is 0 Å². The van der Waals surface area contributed by atoms with E-state index in [9.17, 15) is 0 Å². The lowest BCUT2D eigenvalue weighted by molar-refractivity contribution is 0.269. The van der Waals surface area contributed by atoms with E-state index in [0.717, 1.165) is 24.3 Å². The Bertz CT molecular complexity index is 441. The number of pyridine rings is 1. The average Bonchev–Trinajstić information content (AvgIpc) is 2.79. The van der Waals surface area contributed by atoms with E-state index in [4.69, 9.17) is 5.11 Å². The topological polar surface area (TPSA) is 63.0 Å². The largest absolute Gasteiger partial charge is 0.394 e. The van der Waals surface area contributed by atoms with Gasteiger partial charge in [-0.2, -0.15) is 5.10 Å². The summed E-state index contributed by atoms with van der Waals surface area (Å²) in [4.78, 5) is 4.23. The van der Waals surface area contributed by atoms with Crippen LogP contribution in [0.2, 0.25) is 0 Å². The maximum atomic E-state index is 8.77. The summed E-state index contributed by atoms with van der Waals surface area (Å²) in [5.41, 5.74) is 2.13. The Balaban J connectivity index is 1.78. The summed E-state index contributed by atoms with van der Waals surface area (Å²) >= 11 is 0. The second-order valence-corrected chi connectivity index (χ2v) is 3.76. The Morgan fingerprint density at radius 1 is 1.29 bits per heavy atom. The zero-order valence-electron chi connectivity index (χ0n) is 9.58. The molecule has 2 heterocycles. The van der Waals surface area contributed by atoms with Crippen LogP contribution in [0.15, 0.2) is 36.8 Å². The van der Waals surface area contributed by atoms with Gasteiger partial charge >= 0.3 is 0 Å². The minimum atomic E-state index is 0.114. The van der Waals surface area contributed by atoms with Crippen molar-refractivity contribution in [3.05, 3.63) is 48.0 Å². The van der Waals surface area contributed by atoms with Gasteiger partial charge < -0.3 is 10.4 Å². The first kappa shape index (κ1) is 11.8. The first-order valence-corrected chi connectivity index (χ1v) is 5.61. The highest BCUT2D eigenvalue weighted by Crippen LogP contribution is 1.98. The third kappa shape index (κ3) is 3.65. The first-order valence-electron chi connectivity index (χ1n) is 5.61. The van der Waals surface area contributed by atoms with Crippen molar-refractivity contribution in [2.24, 2.45) is 0 Å². The van der Waals surface area contributed by atoms with Crippen LogP contribution in [0.4, 0.5) is 0 Å². The van der Waals surface area contributed by atoms with Gasteiger partial charge in [0.25, 0.3) is 0 Å². The summed E-state index contributed by atoms with van der Waals surface area (Å²) in [5, 5.41) is 16.2. The summed E-state index contributed by atoms with van der Waals surface area (Å²) in [7, 11) is 0. The van der Waals surface area contributed by atoms with Crippen LogP contribution in [0.1, 0.15) is 11.3 Å². The second-order valence-electron chi connectivity index (χ2n) is 3.76. The number of nitrogens with zero attached hydrogens (tertiary/aromatic N) is 3. The predicted octanol–water partition coefficient (Wildman–Crippen LogP) is 0.560. The molecule has 2 N–H and O–H groups in total. The van der Waals surface area contributed by atoms with Crippen molar-refractivity contribution >= 4 is 0 Å². The van der Waals surface area contributed by atoms with E-state index in [1.54, 1.807) is 17.1 Å². The molecule has 0 radical (unpaired) electrons. The standard InChI is InChI=1S/C12H16N4O/c17-6-5-16-10-11(8-15-16)7-13-9-12-3-1-2-4-14-12/h1-4,8,10,13,17H,5-7,9H2. The third-order valence-electron chi connectivity index (χ3n) is 2.38. The molecule has 5 heteroatoms. The highest BCUT2D eigenvalue weighted by atomic mass is 16.3. The second kappa shape index (κ2) is 6.12. The van der Waals surface area contributed by atoms with E-state index in [1.807, 2.05) is 24.4 Å². The van der Waals surface area contributed by atoms with Crippen molar-refractivity contribution in [3.63, 3.8) is 0 Å². The van der Waals surface area contributed by atoms with Crippen LogP contribution in [-0.4, -0.2) is 26.5 Å². The lowest BCUT2D eigenvalue weighted by Gasteiger charge is -2.01. The van der Waals surface area contributed by atoms with Crippen LogP contribution in [0.5, 0.6) is 0 Å². The van der Waals surface area contributed by atoms with Gasteiger partial charge in [-0.15, -0.1) is 0 Å². The maximum absolute atomic E-state index is 8.77. The summed E-state index contributed by atoms with van der Waals surface area (Å²) < 4.78 is 1.73. The van der Waals surface area contributed by atoms with E-state index < -0.39 is 0 Å². The molecule has 0 bridgehead atoms. The molecular formula is C12H16N4O. The Kier molecular flexibility index (Phi) is 4.23. The zero-order chi connectivity index (χ0) is 11.9. The molecule has 17 heavy (non-hydrogen) atoms. The Labute approximate surface area is 100 Å². The molecule has 2 aromatic heterocycles. The van der Waals surface area contributed by atoms with Crippen LogP contribution < -0.4 is 5.32 Å². The number of hydrogen-bond acceptors (Lipinski definition) is 4. The van der Waals surface area contributed by atoms with Crippen molar-refractivity contribution < 1.29 is 5.11 Å².